The molecule has 108 valence electrons. The van der Waals surface area contributed by atoms with E-state index in [4.69, 9.17) is 5.11 Å². The Morgan fingerprint density at radius 1 is 1.40 bits per heavy atom. The Labute approximate surface area is 117 Å². The third-order valence-corrected chi connectivity index (χ3v) is 3.03. The molecule has 1 heterocycles. The molecular formula is C15H19NO4. The highest BCUT2D eigenvalue weighted by atomic mass is 16.4. The Balaban J connectivity index is 0.000000286. The fourth-order valence-corrected chi connectivity index (χ4v) is 1.93. The summed E-state index contributed by atoms with van der Waals surface area (Å²) in [7, 11) is 0. The smallest absolute Gasteiger partial charge is 0.330 e. The minimum Gasteiger partial charge on any atom is -0.478 e. The first-order chi connectivity index (χ1) is 9.24. The molecule has 1 amide bonds. The van der Waals surface area contributed by atoms with Gasteiger partial charge in [-0.05, 0) is 19.4 Å². The number of hydrogen-bond donors (Lipinski definition) is 3. The topological polar surface area (TPSA) is 86.6 Å². The van der Waals surface area contributed by atoms with Crippen LogP contribution < -0.4 is 5.32 Å². The van der Waals surface area contributed by atoms with Crippen LogP contribution in [0.1, 0.15) is 31.7 Å². The maximum Gasteiger partial charge on any atom is 0.330 e. The molecule has 0 aliphatic carbocycles. The van der Waals surface area contributed by atoms with Gasteiger partial charge in [-0.3, -0.25) is 4.79 Å². The van der Waals surface area contributed by atoms with Crippen LogP contribution >= 0.6 is 0 Å². The highest BCUT2D eigenvalue weighted by Gasteiger charge is 2.41. The van der Waals surface area contributed by atoms with Crippen molar-refractivity contribution in [3.05, 3.63) is 48.0 Å². The summed E-state index contributed by atoms with van der Waals surface area (Å²) in [5.74, 6) is -1.17. The summed E-state index contributed by atoms with van der Waals surface area (Å²) in [4.78, 5) is 20.8. The van der Waals surface area contributed by atoms with Crippen molar-refractivity contribution in [3.8, 4) is 0 Å². The van der Waals surface area contributed by atoms with Crippen molar-refractivity contribution < 1.29 is 19.8 Å². The molecule has 1 aromatic rings. The maximum atomic E-state index is 11.2. The summed E-state index contributed by atoms with van der Waals surface area (Å²) in [6.45, 7) is 6.24. The molecular weight excluding hydrogens is 258 g/mol. The van der Waals surface area contributed by atoms with E-state index in [-0.39, 0.29) is 17.4 Å². The summed E-state index contributed by atoms with van der Waals surface area (Å²) in [5.41, 5.74) is 0.0594. The number of carbonyl (C=O) groups excluding carboxylic acids is 1. The lowest BCUT2D eigenvalue weighted by atomic mass is 9.90. The Morgan fingerprint density at radius 2 is 1.90 bits per heavy atom. The van der Waals surface area contributed by atoms with Gasteiger partial charge >= 0.3 is 5.97 Å². The van der Waals surface area contributed by atoms with Gasteiger partial charge in [-0.15, -0.1) is 0 Å². The highest BCUT2D eigenvalue weighted by molar-refractivity contribution is 5.84. The predicted octanol–water partition coefficient (Wildman–Crippen LogP) is 1.65. The zero-order valence-electron chi connectivity index (χ0n) is 11.6. The molecule has 1 saturated heterocycles. The zero-order valence-corrected chi connectivity index (χ0v) is 11.6. The van der Waals surface area contributed by atoms with E-state index in [2.05, 4.69) is 11.9 Å². The zero-order chi connectivity index (χ0) is 15.3. The normalized spacial score (nSPS) is 24.4. The summed E-state index contributed by atoms with van der Waals surface area (Å²) in [5, 5.41) is 20.4. The number of aliphatic carboxylic acids is 1. The summed E-state index contributed by atoms with van der Waals surface area (Å²) in [6, 6.07) is 9.60. The van der Waals surface area contributed by atoms with Crippen molar-refractivity contribution in [1.29, 1.82) is 0 Å². The molecule has 0 spiro atoms. The van der Waals surface area contributed by atoms with E-state index in [1.54, 1.807) is 6.92 Å². The lowest BCUT2D eigenvalue weighted by Gasteiger charge is -2.24. The minimum atomic E-state index is -1.11. The Bertz CT molecular complexity index is 496. The molecule has 5 nitrogen and oxygen atoms in total. The average Bonchev–Trinajstić information content (AvgIpc) is 2.64. The molecule has 20 heavy (non-hydrogen) atoms. The van der Waals surface area contributed by atoms with E-state index in [9.17, 15) is 14.7 Å². The third-order valence-electron chi connectivity index (χ3n) is 3.03. The molecule has 1 aromatic carbocycles. The summed E-state index contributed by atoms with van der Waals surface area (Å²) >= 11 is 0. The second kappa shape index (κ2) is 6.34. The SMILES string of the molecule is C=C(C)C(=O)O.CC1(O)NC(=O)CC1c1ccccc1. The molecule has 5 heteroatoms. The molecule has 2 unspecified atom stereocenters. The van der Waals surface area contributed by atoms with Crippen molar-refractivity contribution in [1.82, 2.24) is 5.32 Å². The lowest BCUT2D eigenvalue weighted by Crippen LogP contribution is -2.41. The first kappa shape index (κ1) is 15.9. The van der Waals surface area contributed by atoms with Gasteiger partial charge in [0, 0.05) is 17.9 Å². The summed E-state index contributed by atoms with van der Waals surface area (Å²) in [6.07, 6.45) is 0.358. The number of nitrogens with one attached hydrogen (secondary N) is 1. The van der Waals surface area contributed by atoms with E-state index >= 15 is 0 Å². The molecule has 2 rings (SSSR count). The van der Waals surface area contributed by atoms with Crippen molar-refractivity contribution in [2.24, 2.45) is 0 Å². The maximum absolute atomic E-state index is 11.2. The van der Waals surface area contributed by atoms with E-state index in [1.807, 2.05) is 30.3 Å². The van der Waals surface area contributed by atoms with Gasteiger partial charge in [0.05, 0.1) is 0 Å². The van der Waals surface area contributed by atoms with Crippen LogP contribution in [-0.2, 0) is 9.59 Å². The van der Waals surface area contributed by atoms with Gasteiger partial charge < -0.3 is 15.5 Å². The minimum absolute atomic E-state index is 0.0937. The standard InChI is InChI=1S/C11H13NO2.C4H6O2/c1-11(14)9(7-10(13)12-11)8-5-3-2-4-6-8;1-3(2)4(5)6/h2-6,9,14H,7H2,1H3,(H,12,13);1H2,2H3,(H,5,6). The highest BCUT2D eigenvalue weighted by Crippen LogP contribution is 2.34. The molecule has 1 aliphatic heterocycles. The van der Waals surface area contributed by atoms with E-state index in [0.29, 0.717) is 6.42 Å². The first-order valence-corrected chi connectivity index (χ1v) is 6.21. The van der Waals surface area contributed by atoms with Crippen LogP contribution in [0.4, 0.5) is 0 Å². The van der Waals surface area contributed by atoms with Gasteiger partial charge in [-0.25, -0.2) is 4.79 Å². The van der Waals surface area contributed by atoms with Gasteiger partial charge in [-0.2, -0.15) is 0 Å². The van der Waals surface area contributed by atoms with Gasteiger partial charge in [-0.1, -0.05) is 36.9 Å². The van der Waals surface area contributed by atoms with Gasteiger partial charge in [0.25, 0.3) is 0 Å². The Hall–Kier alpha value is -2.14. The quantitative estimate of drug-likeness (QED) is 0.717. The van der Waals surface area contributed by atoms with E-state index in [0.717, 1.165) is 5.56 Å². The molecule has 0 saturated carbocycles. The average molecular weight is 277 g/mol. The number of carbonyl (C=O) groups is 2. The molecule has 3 N–H and O–H groups in total. The molecule has 2 atom stereocenters. The monoisotopic (exact) mass is 277 g/mol. The van der Waals surface area contributed by atoms with E-state index < -0.39 is 11.7 Å². The molecule has 0 radical (unpaired) electrons. The van der Waals surface area contributed by atoms with E-state index in [1.165, 1.54) is 6.92 Å². The number of aliphatic hydroxyl groups is 1. The van der Waals surface area contributed by atoms with Gasteiger partial charge in [0.1, 0.15) is 5.72 Å². The predicted molar refractivity (Wildman–Crippen MR) is 75.0 cm³/mol. The Morgan fingerprint density at radius 3 is 2.25 bits per heavy atom. The fraction of sp³-hybridized carbons (Fsp3) is 0.333. The van der Waals surface area contributed by atoms with Crippen molar-refractivity contribution >= 4 is 11.9 Å². The lowest BCUT2D eigenvalue weighted by molar-refractivity contribution is -0.132. The fourth-order valence-electron chi connectivity index (χ4n) is 1.93. The molecule has 0 bridgehead atoms. The molecule has 1 aliphatic rings. The number of hydrogen-bond acceptors (Lipinski definition) is 3. The number of carboxylic acid groups (broad SMARTS) is 1. The Kier molecular flexibility index (Phi) is 5.05. The number of rotatable bonds is 2. The largest absolute Gasteiger partial charge is 0.478 e. The van der Waals surface area contributed by atoms with Crippen molar-refractivity contribution in [3.63, 3.8) is 0 Å². The second-order valence-electron chi connectivity index (χ2n) is 4.95. The number of amides is 1. The number of benzene rings is 1. The van der Waals surface area contributed by atoms with Crippen LogP contribution in [0, 0.1) is 0 Å². The van der Waals surface area contributed by atoms with Crippen molar-refractivity contribution in [2.45, 2.75) is 31.9 Å². The van der Waals surface area contributed by atoms with Crippen LogP contribution in [0.25, 0.3) is 0 Å². The van der Waals surface area contributed by atoms with Crippen LogP contribution in [-0.4, -0.2) is 27.8 Å². The van der Waals surface area contributed by atoms with Crippen LogP contribution in [0.3, 0.4) is 0 Å². The van der Waals surface area contributed by atoms with Crippen LogP contribution in [0.5, 0.6) is 0 Å². The molecule has 0 aromatic heterocycles. The second-order valence-corrected chi connectivity index (χ2v) is 4.95. The first-order valence-electron chi connectivity index (χ1n) is 6.21. The molecule has 1 fully saturated rings. The van der Waals surface area contributed by atoms with Gasteiger partial charge in [0.2, 0.25) is 5.91 Å². The third kappa shape index (κ3) is 4.20. The van der Waals surface area contributed by atoms with Crippen LogP contribution in [0.2, 0.25) is 0 Å². The van der Waals surface area contributed by atoms with Crippen LogP contribution in [0.15, 0.2) is 42.5 Å². The van der Waals surface area contributed by atoms with Crippen molar-refractivity contribution in [2.75, 3.05) is 0 Å². The van der Waals surface area contributed by atoms with Gasteiger partial charge in [0.15, 0.2) is 0 Å². The summed E-state index contributed by atoms with van der Waals surface area (Å²) < 4.78 is 0. The number of carboxylic acids is 1.